The Hall–Kier alpha value is -1.07. The Kier molecular flexibility index (Phi) is 4.82. The second-order valence-electron chi connectivity index (χ2n) is 4.33. The van der Waals surface area contributed by atoms with Crippen molar-refractivity contribution in [1.29, 1.82) is 0 Å². The lowest BCUT2D eigenvalue weighted by Gasteiger charge is -2.32. The summed E-state index contributed by atoms with van der Waals surface area (Å²) in [6.07, 6.45) is 3.11. The summed E-state index contributed by atoms with van der Waals surface area (Å²) in [5.41, 5.74) is 0.758. The lowest BCUT2D eigenvalue weighted by Crippen LogP contribution is -2.37. The number of carbonyl (C=O) groups excluding carboxylic acids is 1. The fourth-order valence-electron chi connectivity index (χ4n) is 2.16. The Morgan fingerprint density at radius 2 is 2.16 bits per heavy atom. The van der Waals surface area contributed by atoms with Crippen molar-refractivity contribution >= 4 is 34.9 Å². The van der Waals surface area contributed by atoms with Crippen LogP contribution >= 0.6 is 23.2 Å². The van der Waals surface area contributed by atoms with Gasteiger partial charge in [0.25, 0.3) is 0 Å². The lowest BCUT2D eigenvalue weighted by atomic mass is 9.97. The molecule has 104 valence electrons. The minimum Gasteiger partial charge on any atom is -0.466 e. The van der Waals surface area contributed by atoms with Gasteiger partial charge in [0, 0.05) is 13.1 Å². The highest BCUT2D eigenvalue weighted by molar-refractivity contribution is 6.33. The van der Waals surface area contributed by atoms with E-state index in [4.69, 9.17) is 27.9 Å². The van der Waals surface area contributed by atoms with Crippen LogP contribution in [-0.2, 0) is 9.53 Å². The van der Waals surface area contributed by atoms with Crippen LogP contribution < -0.4 is 4.90 Å². The topological polar surface area (TPSA) is 55.3 Å². The molecule has 0 aromatic carbocycles. The molecule has 5 nitrogen and oxygen atoms in total. The minimum atomic E-state index is -0.111. The maximum absolute atomic E-state index is 11.6. The molecule has 2 rings (SSSR count). The van der Waals surface area contributed by atoms with Gasteiger partial charge in [0.1, 0.15) is 0 Å². The quantitative estimate of drug-likeness (QED) is 0.488. The summed E-state index contributed by atoms with van der Waals surface area (Å²) in [6.45, 7) is 3.70. The van der Waals surface area contributed by atoms with E-state index >= 15 is 0 Å². The van der Waals surface area contributed by atoms with Gasteiger partial charge in [0.05, 0.1) is 24.4 Å². The summed E-state index contributed by atoms with van der Waals surface area (Å²) >= 11 is 11.7. The van der Waals surface area contributed by atoms with Crippen LogP contribution in [0, 0.1) is 5.92 Å². The average Bonchev–Trinajstić information content (AvgIpc) is 2.39. The van der Waals surface area contributed by atoms with Gasteiger partial charge in [-0.25, -0.2) is 9.97 Å². The number of anilines is 1. The Balaban J connectivity index is 1.98. The van der Waals surface area contributed by atoms with Crippen molar-refractivity contribution in [2.24, 2.45) is 5.92 Å². The van der Waals surface area contributed by atoms with Crippen molar-refractivity contribution in [2.75, 3.05) is 24.6 Å². The molecule has 0 N–H and O–H groups in total. The Morgan fingerprint density at radius 1 is 1.47 bits per heavy atom. The molecule has 0 atom stereocenters. The van der Waals surface area contributed by atoms with Crippen LogP contribution in [-0.4, -0.2) is 35.6 Å². The third-order valence-corrected chi connectivity index (χ3v) is 3.61. The number of hydrogen-bond acceptors (Lipinski definition) is 5. The van der Waals surface area contributed by atoms with Gasteiger partial charge in [-0.3, -0.25) is 4.79 Å². The van der Waals surface area contributed by atoms with Gasteiger partial charge in [-0.2, -0.15) is 0 Å². The van der Waals surface area contributed by atoms with Gasteiger partial charge in [0.15, 0.2) is 5.15 Å². The van der Waals surface area contributed by atoms with E-state index in [1.807, 2.05) is 6.92 Å². The first-order valence-electron chi connectivity index (χ1n) is 6.21. The normalized spacial score (nSPS) is 16.5. The zero-order valence-corrected chi connectivity index (χ0v) is 12.1. The first-order chi connectivity index (χ1) is 9.11. The van der Waals surface area contributed by atoms with Crippen molar-refractivity contribution in [3.05, 3.63) is 16.6 Å². The van der Waals surface area contributed by atoms with Crippen LogP contribution in [0.1, 0.15) is 19.8 Å². The maximum atomic E-state index is 11.6. The molecule has 1 fully saturated rings. The summed E-state index contributed by atoms with van der Waals surface area (Å²) in [4.78, 5) is 21.6. The molecule has 0 spiro atoms. The molecule has 1 aliphatic rings. The van der Waals surface area contributed by atoms with Gasteiger partial charge in [0.2, 0.25) is 5.28 Å². The van der Waals surface area contributed by atoms with E-state index in [0.29, 0.717) is 11.8 Å². The summed E-state index contributed by atoms with van der Waals surface area (Å²) < 4.78 is 5.04. The molecule has 7 heteroatoms. The summed E-state index contributed by atoms with van der Waals surface area (Å²) in [7, 11) is 0. The molecule has 19 heavy (non-hydrogen) atoms. The van der Waals surface area contributed by atoms with Crippen molar-refractivity contribution in [3.63, 3.8) is 0 Å². The van der Waals surface area contributed by atoms with Crippen LogP contribution in [0.4, 0.5) is 5.69 Å². The Labute approximate surface area is 121 Å². The van der Waals surface area contributed by atoms with Gasteiger partial charge in [-0.05, 0) is 31.4 Å². The highest BCUT2D eigenvalue weighted by atomic mass is 35.5. The molecular weight excluding hydrogens is 289 g/mol. The summed E-state index contributed by atoms with van der Waals surface area (Å²) in [6, 6.07) is 0. The van der Waals surface area contributed by atoms with Gasteiger partial charge < -0.3 is 9.64 Å². The second-order valence-corrected chi connectivity index (χ2v) is 5.02. The minimum absolute atomic E-state index is 0.0248. The van der Waals surface area contributed by atoms with Gasteiger partial charge in [-0.1, -0.05) is 11.6 Å². The predicted molar refractivity (Wildman–Crippen MR) is 73.6 cm³/mol. The first-order valence-corrected chi connectivity index (χ1v) is 6.97. The summed E-state index contributed by atoms with van der Waals surface area (Å²) in [5, 5.41) is 0.477. The van der Waals surface area contributed by atoms with Crippen LogP contribution in [0.2, 0.25) is 10.4 Å². The SMILES string of the molecule is CCOC(=O)C1CCN(c2cnc(Cl)nc2Cl)CC1. The van der Waals surface area contributed by atoms with Crippen LogP contribution in [0.5, 0.6) is 0 Å². The molecule has 0 unspecified atom stereocenters. The van der Waals surface area contributed by atoms with Crippen molar-refractivity contribution < 1.29 is 9.53 Å². The fraction of sp³-hybridized carbons (Fsp3) is 0.583. The van der Waals surface area contributed by atoms with Crippen molar-refractivity contribution in [2.45, 2.75) is 19.8 Å². The molecule has 2 heterocycles. The smallest absolute Gasteiger partial charge is 0.309 e. The number of piperidine rings is 1. The maximum Gasteiger partial charge on any atom is 0.309 e. The van der Waals surface area contributed by atoms with Crippen LogP contribution in [0.15, 0.2) is 6.20 Å². The van der Waals surface area contributed by atoms with E-state index in [-0.39, 0.29) is 17.2 Å². The lowest BCUT2D eigenvalue weighted by molar-refractivity contribution is -0.148. The standard InChI is InChI=1S/C12H15Cl2N3O2/c1-2-19-11(18)8-3-5-17(6-4-8)9-7-15-12(14)16-10(9)13/h7-8H,2-6H2,1H3. The van der Waals surface area contributed by atoms with Gasteiger partial charge >= 0.3 is 5.97 Å². The van der Waals surface area contributed by atoms with E-state index in [0.717, 1.165) is 31.6 Å². The largest absolute Gasteiger partial charge is 0.466 e. The monoisotopic (exact) mass is 303 g/mol. The number of ether oxygens (including phenoxy) is 1. The van der Waals surface area contributed by atoms with Crippen LogP contribution in [0.25, 0.3) is 0 Å². The van der Waals surface area contributed by atoms with E-state index in [1.165, 1.54) is 0 Å². The number of aromatic nitrogens is 2. The number of carbonyl (C=O) groups is 1. The van der Waals surface area contributed by atoms with E-state index in [9.17, 15) is 4.79 Å². The molecule has 1 saturated heterocycles. The van der Waals surface area contributed by atoms with Gasteiger partial charge in [-0.15, -0.1) is 0 Å². The molecule has 0 bridgehead atoms. The zero-order chi connectivity index (χ0) is 13.8. The Morgan fingerprint density at radius 3 is 2.74 bits per heavy atom. The number of halogens is 2. The number of nitrogens with zero attached hydrogens (tertiary/aromatic N) is 3. The molecule has 1 aromatic rings. The molecule has 0 aliphatic carbocycles. The number of rotatable bonds is 3. The molecule has 0 saturated carbocycles. The highest BCUT2D eigenvalue weighted by Gasteiger charge is 2.27. The van der Waals surface area contributed by atoms with Crippen molar-refractivity contribution in [1.82, 2.24) is 9.97 Å². The third kappa shape index (κ3) is 3.48. The third-order valence-electron chi connectivity index (χ3n) is 3.15. The van der Waals surface area contributed by atoms with E-state index in [2.05, 4.69) is 14.9 Å². The Bertz CT molecular complexity index is 462. The fourth-order valence-corrected chi connectivity index (χ4v) is 2.59. The zero-order valence-electron chi connectivity index (χ0n) is 10.6. The number of esters is 1. The molecule has 1 aliphatic heterocycles. The second kappa shape index (κ2) is 6.39. The first kappa shape index (κ1) is 14.3. The predicted octanol–water partition coefficient (Wildman–Crippen LogP) is 2.56. The van der Waals surface area contributed by atoms with Crippen LogP contribution in [0.3, 0.4) is 0 Å². The molecule has 1 aromatic heterocycles. The summed E-state index contributed by atoms with van der Waals surface area (Å²) in [5.74, 6) is -0.135. The van der Waals surface area contributed by atoms with E-state index in [1.54, 1.807) is 6.20 Å². The molecule has 0 amide bonds. The molecular formula is C12H15Cl2N3O2. The number of hydrogen-bond donors (Lipinski definition) is 0. The highest BCUT2D eigenvalue weighted by Crippen LogP contribution is 2.28. The van der Waals surface area contributed by atoms with Crippen molar-refractivity contribution in [3.8, 4) is 0 Å². The molecule has 0 radical (unpaired) electrons. The average molecular weight is 304 g/mol. The van der Waals surface area contributed by atoms with E-state index < -0.39 is 0 Å².